The summed E-state index contributed by atoms with van der Waals surface area (Å²) in [4.78, 5) is 0. The van der Waals surface area contributed by atoms with Crippen LogP contribution in [0.2, 0.25) is 0 Å². The minimum atomic E-state index is -1.01. The average Bonchev–Trinajstić information content (AvgIpc) is 2.92. The van der Waals surface area contributed by atoms with E-state index < -0.39 is 8.80 Å². The zero-order valence-electron chi connectivity index (χ0n) is 24.5. The molecule has 0 amide bonds. The first kappa shape index (κ1) is 39.1. The first-order valence-electron chi connectivity index (χ1n) is 12.4. The summed E-state index contributed by atoms with van der Waals surface area (Å²) in [6.45, 7) is 21.9. The topological polar surface area (TPSA) is 0 Å². The van der Waals surface area contributed by atoms with Crippen molar-refractivity contribution in [1.29, 1.82) is 0 Å². The van der Waals surface area contributed by atoms with Gasteiger partial charge in [0.25, 0.3) is 0 Å². The molecule has 0 aliphatic heterocycles. The number of hydrogen-bond acceptors (Lipinski definition) is 0. The maximum Gasteiger partial charge on any atom is 0.154 e. The fourth-order valence-electron chi connectivity index (χ4n) is 5.02. The molecular weight excluding hydrogens is 579 g/mol. The molecule has 0 saturated carbocycles. The second-order valence-electron chi connectivity index (χ2n) is 10.3. The standard InChI is InChI=1S/C24H27Si.C9H13.3ClH.Ti/c1-16-7-17(2)11-22(10-16)25(23-12-18(3)8-19(4)13-23)24-14-20(5)9-21(6)15-24;1-6-5-7(2)9(4)8(6)3;;;;/h7-15H,1-6H3;6H,1-4H3;3*1H;/q;-1;;;;. The van der Waals surface area contributed by atoms with Crippen molar-refractivity contribution in [2.24, 2.45) is 5.92 Å². The van der Waals surface area contributed by atoms with Crippen molar-refractivity contribution in [3.05, 3.63) is 111 Å². The summed E-state index contributed by atoms with van der Waals surface area (Å²) < 4.78 is 0. The van der Waals surface area contributed by atoms with Gasteiger partial charge in [-0.25, -0.2) is 5.57 Å². The van der Waals surface area contributed by atoms with Crippen molar-refractivity contribution in [2.75, 3.05) is 0 Å². The molecule has 0 N–H and O–H groups in total. The molecular formula is C33H43Cl3SiTi-. The van der Waals surface area contributed by atoms with Crippen LogP contribution < -0.4 is 15.6 Å². The molecule has 3 aromatic carbocycles. The molecule has 3 aromatic rings. The summed E-state index contributed by atoms with van der Waals surface area (Å²) in [6.07, 6.45) is 3.36. The number of hydrogen-bond donors (Lipinski definition) is 0. The monoisotopic (exact) mass is 620 g/mol. The molecule has 1 atom stereocenters. The van der Waals surface area contributed by atoms with Crippen LogP contribution in [0, 0.1) is 53.5 Å². The van der Waals surface area contributed by atoms with E-state index in [1.165, 1.54) is 65.7 Å². The molecule has 5 heteroatoms. The van der Waals surface area contributed by atoms with Crippen LogP contribution in [0.15, 0.2) is 71.3 Å². The van der Waals surface area contributed by atoms with Gasteiger partial charge in [-0.2, -0.15) is 11.1 Å². The number of allylic oxidation sites excluding steroid dienone is 4. The van der Waals surface area contributed by atoms with E-state index in [9.17, 15) is 0 Å². The van der Waals surface area contributed by atoms with Crippen LogP contribution in [0.25, 0.3) is 0 Å². The van der Waals surface area contributed by atoms with Crippen LogP contribution in [0.1, 0.15) is 61.1 Å². The zero-order valence-corrected chi connectivity index (χ0v) is 29.5. The summed E-state index contributed by atoms with van der Waals surface area (Å²) in [5.74, 6) is 0.560. The van der Waals surface area contributed by atoms with E-state index in [0.717, 1.165) is 0 Å². The molecule has 1 aliphatic carbocycles. The van der Waals surface area contributed by atoms with Gasteiger partial charge in [-0.3, -0.25) is 6.08 Å². The molecule has 4 rings (SSSR count). The van der Waals surface area contributed by atoms with Gasteiger partial charge in [-0.15, -0.1) is 44.1 Å². The molecule has 1 radical (unpaired) electrons. The van der Waals surface area contributed by atoms with Crippen molar-refractivity contribution in [1.82, 2.24) is 0 Å². The van der Waals surface area contributed by atoms with E-state index in [1.807, 2.05) is 0 Å². The van der Waals surface area contributed by atoms with Crippen LogP contribution in [0.3, 0.4) is 0 Å². The summed E-state index contributed by atoms with van der Waals surface area (Å²) in [5.41, 5.74) is 12.4. The maximum absolute atomic E-state index is 3.36. The molecule has 0 bridgehead atoms. The smallest absolute Gasteiger partial charge is 0.154 e. The quantitative estimate of drug-likeness (QED) is 0.158. The van der Waals surface area contributed by atoms with Gasteiger partial charge in [0.1, 0.15) is 0 Å². The van der Waals surface area contributed by atoms with Gasteiger partial charge in [-0.1, -0.05) is 130 Å². The van der Waals surface area contributed by atoms with Crippen LogP contribution in [0.4, 0.5) is 0 Å². The Morgan fingerprint density at radius 2 is 0.763 bits per heavy atom. The zero-order chi connectivity index (χ0) is 25.2. The molecule has 0 nitrogen and oxygen atoms in total. The maximum atomic E-state index is 3.36. The Bertz CT molecular complexity index is 1090. The SMILES string of the molecule is CC1=[C-]C(C)C(C)=C1C.Cc1cc(C)cc([Si](c2cc(C)cc(C)c2)c2cc(C)cc(C)c2)c1.Cl.Cl.Cl.[Ti]. The van der Waals surface area contributed by atoms with Crippen molar-refractivity contribution in [3.63, 3.8) is 0 Å². The predicted octanol–water partition coefficient (Wildman–Crippen LogP) is 8.04. The third-order valence-corrected chi connectivity index (χ3v) is 9.37. The Kier molecular flexibility index (Phi) is 17.4. The van der Waals surface area contributed by atoms with Gasteiger partial charge in [-0.05, 0) is 41.5 Å². The minimum Gasteiger partial charge on any atom is -0.266 e. The van der Waals surface area contributed by atoms with E-state index in [0.29, 0.717) is 5.92 Å². The van der Waals surface area contributed by atoms with Crippen molar-refractivity contribution < 1.29 is 21.7 Å². The summed E-state index contributed by atoms with van der Waals surface area (Å²) in [6, 6.07) is 21.1. The fourth-order valence-corrected chi connectivity index (χ4v) is 8.25. The van der Waals surface area contributed by atoms with Crippen molar-refractivity contribution in [2.45, 2.75) is 69.2 Å². The molecule has 0 fully saturated rings. The molecule has 0 heterocycles. The van der Waals surface area contributed by atoms with Gasteiger partial charge in [0, 0.05) is 21.7 Å². The van der Waals surface area contributed by atoms with Crippen LogP contribution in [0.5, 0.6) is 0 Å². The Morgan fingerprint density at radius 1 is 0.500 bits per heavy atom. The molecule has 0 aromatic heterocycles. The van der Waals surface area contributed by atoms with Crippen LogP contribution in [-0.4, -0.2) is 8.80 Å². The molecule has 205 valence electrons. The second-order valence-corrected chi connectivity index (χ2v) is 12.8. The number of aryl methyl sites for hydroxylation is 6. The van der Waals surface area contributed by atoms with E-state index >= 15 is 0 Å². The van der Waals surface area contributed by atoms with E-state index in [1.54, 1.807) is 0 Å². The fraction of sp³-hybridized carbons (Fsp3) is 0.333. The number of rotatable bonds is 3. The minimum absolute atomic E-state index is 0. The third-order valence-electron chi connectivity index (χ3n) is 6.77. The Hall–Kier alpha value is -1.06. The average molecular weight is 622 g/mol. The first-order valence-corrected chi connectivity index (χ1v) is 13.9. The van der Waals surface area contributed by atoms with Gasteiger partial charge < -0.3 is 0 Å². The third kappa shape index (κ3) is 10.2. The molecule has 1 aliphatic rings. The summed E-state index contributed by atoms with van der Waals surface area (Å²) in [5, 5.41) is 4.45. The van der Waals surface area contributed by atoms with Gasteiger partial charge >= 0.3 is 0 Å². The number of halogens is 3. The van der Waals surface area contributed by atoms with Crippen molar-refractivity contribution in [3.8, 4) is 0 Å². The van der Waals surface area contributed by atoms with Gasteiger partial charge in [0.15, 0.2) is 8.80 Å². The second kappa shape index (κ2) is 16.9. The summed E-state index contributed by atoms with van der Waals surface area (Å²) in [7, 11) is -1.01. The Morgan fingerprint density at radius 3 is 0.921 bits per heavy atom. The Balaban J connectivity index is 0. The molecule has 0 saturated heterocycles. The largest absolute Gasteiger partial charge is 0.266 e. The van der Waals surface area contributed by atoms with E-state index in [2.05, 4.69) is 130 Å². The van der Waals surface area contributed by atoms with Crippen LogP contribution in [-0.2, 0) is 21.7 Å². The predicted molar refractivity (Wildman–Crippen MR) is 174 cm³/mol. The molecule has 0 spiro atoms. The van der Waals surface area contributed by atoms with E-state index in [-0.39, 0.29) is 58.9 Å². The normalized spacial score (nSPS) is 13.8. The first-order chi connectivity index (χ1) is 15.9. The summed E-state index contributed by atoms with van der Waals surface area (Å²) >= 11 is 0. The number of benzene rings is 3. The van der Waals surface area contributed by atoms with E-state index in [4.69, 9.17) is 0 Å². The van der Waals surface area contributed by atoms with Gasteiger partial charge in [0.05, 0.1) is 0 Å². The Labute approximate surface area is 267 Å². The van der Waals surface area contributed by atoms with Crippen molar-refractivity contribution >= 4 is 61.6 Å². The van der Waals surface area contributed by atoms with Gasteiger partial charge in [0.2, 0.25) is 0 Å². The van der Waals surface area contributed by atoms with Crippen LogP contribution >= 0.6 is 37.2 Å². The molecule has 38 heavy (non-hydrogen) atoms. The molecule has 1 unspecified atom stereocenters.